The van der Waals surface area contributed by atoms with E-state index < -0.39 is 12.2 Å². The summed E-state index contributed by atoms with van der Waals surface area (Å²) in [6.07, 6.45) is -0.138. The van der Waals surface area contributed by atoms with Crippen LogP contribution in [0.4, 0.5) is 30.6 Å². The largest absolute Gasteiger partial charge is 0.449 e. The van der Waals surface area contributed by atoms with E-state index in [4.69, 9.17) is 9.47 Å². The monoisotopic (exact) mass is 604 g/mol. The number of carbonyl (C=O) groups is 4. The summed E-state index contributed by atoms with van der Waals surface area (Å²) < 4.78 is 10.4. The highest BCUT2D eigenvalue weighted by atomic mass is 16.6. The molecule has 4 N–H and O–H groups in total. The van der Waals surface area contributed by atoms with E-state index in [2.05, 4.69) is 21.3 Å². The Balaban J connectivity index is 1.24. The molecule has 12 nitrogen and oxygen atoms in total. The number of alkyl carbamates (subject to hydrolysis) is 2. The number of nitrogens with zero attached hydrogens (tertiary/aromatic N) is 2. The molecule has 3 rings (SSSR count). The number of ether oxygens (including phenoxy) is 2. The summed E-state index contributed by atoms with van der Waals surface area (Å²) in [5.74, 6) is 0. The summed E-state index contributed by atoms with van der Waals surface area (Å²) in [5.41, 5.74) is 3.09. The molecular weight excluding hydrogens is 564 g/mol. The van der Waals surface area contributed by atoms with Crippen molar-refractivity contribution in [2.45, 2.75) is 25.9 Å². The summed E-state index contributed by atoms with van der Waals surface area (Å²) in [4.78, 5) is 51.7. The number of benzene rings is 3. The lowest BCUT2D eigenvalue weighted by Gasteiger charge is -2.18. The average Bonchev–Trinajstić information content (AvgIpc) is 3.04. The molecule has 0 atom stereocenters. The van der Waals surface area contributed by atoms with Crippen LogP contribution in [0.3, 0.4) is 0 Å². The zero-order valence-corrected chi connectivity index (χ0v) is 25.1. The molecule has 0 saturated heterocycles. The highest BCUT2D eigenvalue weighted by Gasteiger charge is 2.11. The van der Waals surface area contributed by atoms with Gasteiger partial charge in [-0.1, -0.05) is 60.7 Å². The van der Waals surface area contributed by atoms with E-state index in [0.717, 1.165) is 11.1 Å². The predicted octanol–water partition coefficient (Wildman–Crippen LogP) is 5.25. The molecule has 6 amide bonds. The second-order valence-corrected chi connectivity index (χ2v) is 9.94. The minimum absolute atomic E-state index is 0.165. The maximum absolute atomic E-state index is 12.2. The van der Waals surface area contributed by atoms with Crippen molar-refractivity contribution in [1.29, 1.82) is 0 Å². The number of amides is 6. The Bertz CT molecular complexity index is 1240. The van der Waals surface area contributed by atoms with Crippen LogP contribution in [0, 0.1) is 0 Å². The molecule has 3 aromatic rings. The first-order valence-corrected chi connectivity index (χ1v) is 14.3. The molecule has 0 heterocycles. The van der Waals surface area contributed by atoms with Crippen LogP contribution in [0.1, 0.15) is 24.0 Å². The van der Waals surface area contributed by atoms with Crippen molar-refractivity contribution < 1.29 is 28.7 Å². The molecular formula is C32H40N6O6. The van der Waals surface area contributed by atoms with Crippen LogP contribution in [0.5, 0.6) is 0 Å². The van der Waals surface area contributed by atoms with Crippen LogP contribution in [0.15, 0.2) is 84.9 Å². The Morgan fingerprint density at radius 3 is 1.41 bits per heavy atom. The molecule has 0 aliphatic heterocycles. The van der Waals surface area contributed by atoms with Crippen molar-refractivity contribution in [3.63, 3.8) is 0 Å². The molecule has 0 fully saturated rings. The van der Waals surface area contributed by atoms with E-state index in [-0.39, 0.29) is 38.4 Å². The first kappa shape index (κ1) is 33.2. The van der Waals surface area contributed by atoms with E-state index >= 15 is 0 Å². The van der Waals surface area contributed by atoms with Gasteiger partial charge in [0.1, 0.15) is 0 Å². The van der Waals surface area contributed by atoms with E-state index in [9.17, 15) is 19.2 Å². The van der Waals surface area contributed by atoms with Gasteiger partial charge in [0.2, 0.25) is 0 Å². The number of urea groups is 2. The minimum Gasteiger partial charge on any atom is -0.449 e. The van der Waals surface area contributed by atoms with Crippen molar-refractivity contribution in [3.8, 4) is 0 Å². The van der Waals surface area contributed by atoms with E-state index in [1.165, 1.54) is 9.80 Å². The number of hydrogen-bond acceptors (Lipinski definition) is 6. The molecule has 0 aliphatic rings. The van der Waals surface area contributed by atoms with Gasteiger partial charge < -0.3 is 40.5 Å². The lowest BCUT2D eigenvalue weighted by Crippen LogP contribution is -2.33. The summed E-state index contributed by atoms with van der Waals surface area (Å²) in [6.45, 7) is 1.68. The smallest absolute Gasteiger partial charge is 0.407 e. The first-order chi connectivity index (χ1) is 21.3. The molecule has 0 saturated carbocycles. The third-order valence-corrected chi connectivity index (χ3v) is 6.35. The first-order valence-electron chi connectivity index (χ1n) is 14.3. The van der Waals surface area contributed by atoms with Gasteiger partial charge in [0, 0.05) is 51.6 Å². The van der Waals surface area contributed by atoms with Crippen molar-refractivity contribution in [1.82, 2.24) is 20.4 Å². The zero-order valence-electron chi connectivity index (χ0n) is 25.1. The van der Waals surface area contributed by atoms with E-state index in [0.29, 0.717) is 37.3 Å². The fourth-order valence-electron chi connectivity index (χ4n) is 3.92. The van der Waals surface area contributed by atoms with Crippen LogP contribution in [0.25, 0.3) is 0 Å². The van der Waals surface area contributed by atoms with Crippen LogP contribution in [0.2, 0.25) is 0 Å². The molecule has 234 valence electrons. The summed E-state index contributed by atoms with van der Waals surface area (Å²) in [6, 6.07) is 25.3. The number of nitrogens with one attached hydrogen (secondary N) is 4. The Labute approximate surface area is 257 Å². The molecule has 0 radical (unpaired) electrons. The second kappa shape index (κ2) is 18.3. The number of anilines is 2. The maximum atomic E-state index is 12.2. The molecule has 0 bridgehead atoms. The van der Waals surface area contributed by atoms with Crippen molar-refractivity contribution in [3.05, 3.63) is 96.1 Å². The number of hydrogen-bond donors (Lipinski definition) is 4. The van der Waals surface area contributed by atoms with E-state index in [1.54, 1.807) is 38.4 Å². The molecule has 0 spiro atoms. The van der Waals surface area contributed by atoms with Gasteiger partial charge in [-0.05, 0) is 48.2 Å². The quantitative estimate of drug-likeness (QED) is 0.185. The summed E-state index contributed by atoms with van der Waals surface area (Å²) in [7, 11) is 3.35. The van der Waals surface area contributed by atoms with Gasteiger partial charge in [0.25, 0.3) is 0 Å². The van der Waals surface area contributed by atoms with Crippen molar-refractivity contribution in [2.75, 3.05) is 51.0 Å². The van der Waals surface area contributed by atoms with Crippen molar-refractivity contribution in [2.24, 2.45) is 0 Å². The van der Waals surface area contributed by atoms with Crippen LogP contribution in [-0.4, -0.2) is 74.4 Å². The summed E-state index contributed by atoms with van der Waals surface area (Å²) in [5, 5.41) is 11.0. The molecule has 0 aromatic heterocycles. The van der Waals surface area contributed by atoms with Crippen LogP contribution >= 0.6 is 0 Å². The topological polar surface area (TPSA) is 141 Å². The number of carbonyl (C=O) groups excluding carboxylic acids is 4. The van der Waals surface area contributed by atoms with Crippen LogP contribution < -0.4 is 21.3 Å². The Morgan fingerprint density at radius 1 is 0.591 bits per heavy atom. The van der Waals surface area contributed by atoms with Gasteiger partial charge in [-0.2, -0.15) is 0 Å². The molecule has 3 aromatic carbocycles. The van der Waals surface area contributed by atoms with Crippen LogP contribution in [-0.2, 0) is 22.6 Å². The third-order valence-electron chi connectivity index (χ3n) is 6.35. The molecule has 44 heavy (non-hydrogen) atoms. The highest BCUT2D eigenvalue weighted by Crippen LogP contribution is 2.08. The molecule has 0 unspecified atom stereocenters. The van der Waals surface area contributed by atoms with Crippen molar-refractivity contribution >= 4 is 35.6 Å². The molecule has 12 heteroatoms. The Hall–Kier alpha value is -5.26. The van der Waals surface area contributed by atoms with Gasteiger partial charge in [-0.15, -0.1) is 0 Å². The maximum Gasteiger partial charge on any atom is 0.407 e. The standard InChI is InChI=1S/C32H40N6O6/c1-37(29(39)35-27-14-5-3-6-15-27)18-10-20-43-31(41)33-23-25-12-9-13-26(22-25)24-34-32(42)44-21-11-19-38(2)30(40)36-28-16-7-4-8-17-28/h3-9,12-17,22H,10-11,18-21,23-24H2,1-2H3,(H,33,41)(H,34,42)(H,35,39)(H,36,40). The molecule has 0 aliphatic carbocycles. The van der Waals surface area contributed by atoms with Gasteiger partial charge >= 0.3 is 24.2 Å². The minimum atomic E-state index is -0.559. The number of para-hydroxylation sites is 2. The lowest BCUT2D eigenvalue weighted by molar-refractivity contribution is 0.140. The van der Waals surface area contributed by atoms with Gasteiger partial charge in [0.05, 0.1) is 13.2 Å². The fraction of sp³-hybridized carbons (Fsp3) is 0.312. The fourth-order valence-corrected chi connectivity index (χ4v) is 3.92. The van der Waals surface area contributed by atoms with Gasteiger partial charge in [-0.25, -0.2) is 19.2 Å². The normalized spacial score (nSPS) is 10.2. The van der Waals surface area contributed by atoms with Gasteiger partial charge in [-0.3, -0.25) is 0 Å². The number of rotatable bonds is 14. The second-order valence-electron chi connectivity index (χ2n) is 9.94. The average molecular weight is 605 g/mol. The lowest BCUT2D eigenvalue weighted by atomic mass is 10.1. The predicted molar refractivity (Wildman–Crippen MR) is 168 cm³/mol. The zero-order chi connectivity index (χ0) is 31.6. The Kier molecular flexibility index (Phi) is 13.8. The third kappa shape index (κ3) is 12.7. The summed E-state index contributed by atoms with van der Waals surface area (Å²) >= 11 is 0. The highest BCUT2D eigenvalue weighted by molar-refractivity contribution is 5.89. The van der Waals surface area contributed by atoms with Gasteiger partial charge in [0.15, 0.2) is 0 Å². The SMILES string of the molecule is CN(CCCOC(=O)NCc1cccc(CNC(=O)OCCCN(C)C(=O)Nc2ccccc2)c1)C(=O)Nc1ccccc1. The Morgan fingerprint density at radius 2 is 1.00 bits per heavy atom. The van der Waals surface area contributed by atoms with E-state index in [1.807, 2.05) is 60.7 Å².